The lowest BCUT2D eigenvalue weighted by atomic mass is 10.3. The standard InChI is InChI=1S/C17H15Cl3N6O/c18-12-9-22-17(24-11-5-2-1-3-6-11)25-13(12)16(27)21-7-4-8-26-10-23-14(19)15(26)20/h1-3,5-6,9-10H,4,7-8H2,(H,21,27)(H,22,24,25). The highest BCUT2D eigenvalue weighted by molar-refractivity contribution is 6.40. The second kappa shape index (κ2) is 9.03. The Morgan fingerprint density at radius 3 is 2.59 bits per heavy atom. The van der Waals surface area contributed by atoms with E-state index in [4.69, 9.17) is 34.8 Å². The lowest BCUT2D eigenvalue weighted by Crippen LogP contribution is -2.26. The Morgan fingerprint density at radius 1 is 1.11 bits per heavy atom. The molecular weight excluding hydrogens is 411 g/mol. The van der Waals surface area contributed by atoms with Crippen LogP contribution in [0.25, 0.3) is 0 Å². The molecule has 3 aromatic rings. The number of halogens is 3. The fraction of sp³-hybridized carbons (Fsp3) is 0.176. The fourth-order valence-corrected chi connectivity index (χ4v) is 2.78. The molecule has 0 spiro atoms. The third-order valence-electron chi connectivity index (χ3n) is 3.58. The number of nitrogens with zero attached hydrogens (tertiary/aromatic N) is 4. The lowest BCUT2D eigenvalue weighted by Gasteiger charge is -2.09. The maximum Gasteiger partial charge on any atom is 0.271 e. The highest BCUT2D eigenvalue weighted by Crippen LogP contribution is 2.20. The smallest absolute Gasteiger partial charge is 0.271 e. The first-order valence-corrected chi connectivity index (χ1v) is 9.17. The molecule has 27 heavy (non-hydrogen) atoms. The molecule has 0 radical (unpaired) electrons. The van der Waals surface area contributed by atoms with Crippen molar-refractivity contribution in [1.29, 1.82) is 0 Å². The average Bonchev–Trinajstić information content (AvgIpc) is 2.99. The summed E-state index contributed by atoms with van der Waals surface area (Å²) in [4.78, 5) is 24.6. The van der Waals surface area contributed by atoms with Gasteiger partial charge in [0.15, 0.2) is 10.8 Å². The summed E-state index contributed by atoms with van der Waals surface area (Å²) >= 11 is 17.9. The molecule has 0 fully saturated rings. The second-order valence-electron chi connectivity index (χ2n) is 5.51. The first-order chi connectivity index (χ1) is 13.0. The number of imidazole rings is 1. The molecule has 0 unspecified atom stereocenters. The van der Waals surface area contributed by atoms with Crippen molar-refractivity contribution >= 4 is 52.3 Å². The Morgan fingerprint density at radius 2 is 1.89 bits per heavy atom. The second-order valence-corrected chi connectivity index (χ2v) is 6.63. The van der Waals surface area contributed by atoms with Gasteiger partial charge in [0, 0.05) is 18.8 Å². The summed E-state index contributed by atoms with van der Waals surface area (Å²) in [6.45, 7) is 0.976. The zero-order valence-corrected chi connectivity index (χ0v) is 16.3. The van der Waals surface area contributed by atoms with Crippen LogP contribution in [-0.2, 0) is 6.54 Å². The van der Waals surface area contributed by atoms with E-state index in [0.717, 1.165) is 5.69 Å². The number of anilines is 2. The number of nitrogens with one attached hydrogen (secondary N) is 2. The summed E-state index contributed by atoms with van der Waals surface area (Å²) in [5.41, 5.74) is 0.913. The van der Waals surface area contributed by atoms with Crippen molar-refractivity contribution in [3.63, 3.8) is 0 Å². The number of hydrogen-bond donors (Lipinski definition) is 2. The molecule has 0 aliphatic heterocycles. The van der Waals surface area contributed by atoms with E-state index in [9.17, 15) is 4.79 Å². The van der Waals surface area contributed by atoms with E-state index < -0.39 is 0 Å². The van der Waals surface area contributed by atoms with Gasteiger partial charge in [0.1, 0.15) is 5.15 Å². The van der Waals surface area contributed by atoms with Gasteiger partial charge in [-0.2, -0.15) is 0 Å². The number of para-hydroxylation sites is 1. The van der Waals surface area contributed by atoms with Gasteiger partial charge in [-0.1, -0.05) is 53.0 Å². The molecule has 0 atom stereocenters. The van der Waals surface area contributed by atoms with E-state index in [0.29, 0.717) is 24.7 Å². The number of rotatable bonds is 7. The van der Waals surface area contributed by atoms with Crippen molar-refractivity contribution in [2.24, 2.45) is 0 Å². The Balaban J connectivity index is 1.57. The Labute approximate surface area is 170 Å². The van der Waals surface area contributed by atoms with E-state index in [2.05, 4.69) is 25.6 Å². The van der Waals surface area contributed by atoms with Crippen LogP contribution in [0.15, 0.2) is 42.9 Å². The van der Waals surface area contributed by atoms with Gasteiger partial charge in [-0.05, 0) is 18.6 Å². The molecule has 2 N–H and O–H groups in total. The van der Waals surface area contributed by atoms with Crippen molar-refractivity contribution in [3.8, 4) is 0 Å². The SMILES string of the molecule is O=C(NCCCn1cnc(Cl)c1Cl)c1nc(Nc2ccccc2)ncc1Cl. The first kappa shape index (κ1) is 19.4. The van der Waals surface area contributed by atoms with Crippen LogP contribution in [0.2, 0.25) is 15.3 Å². The zero-order chi connectivity index (χ0) is 19.2. The third-order valence-corrected chi connectivity index (χ3v) is 4.63. The van der Waals surface area contributed by atoms with Crippen LogP contribution < -0.4 is 10.6 Å². The van der Waals surface area contributed by atoms with E-state index in [1.807, 2.05) is 30.3 Å². The minimum Gasteiger partial charge on any atom is -0.351 e. The molecule has 1 amide bonds. The number of carbonyl (C=O) groups is 1. The quantitative estimate of drug-likeness (QED) is 0.554. The van der Waals surface area contributed by atoms with Crippen LogP contribution in [0.4, 0.5) is 11.6 Å². The molecule has 1 aromatic carbocycles. The van der Waals surface area contributed by atoms with Gasteiger partial charge in [-0.3, -0.25) is 4.79 Å². The van der Waals surface area contributed by atoms with Gasteiger partial charge in [0.05, 0.1) is 17.5 Å². The normalized spacial score (nSPS) is 10.6. The summed E-state index contributed by atoms with van der Waals surface area (Å²) in [5, 5.41) is 6.61. The van der Waals surface area contributed by atoms with Gasteiger partial charge >= 0.3 is 0 Å². The Hall–Kier alpha value is -2.35. The molecule has 0 aliphatic rings. The number of aryl methyl sites for hydroxylation is 1. The maximum atomic E-state index is 12.4. The number of amides is 1. The van der Waals surface area contributed by atoms with Crippen molar-refractivity contribution in [3.05, 3.63) is 63.9 Å². The Kier molecular flexibility index (Phi) is 6.49. The molecule has 3 rings (SSSR count). The minimum atomic E-state index is -0.381. The molecular formula is C17H15Cl3N6O. The zero-order valence-electron chi connectivity index (χ0n) is 14.0. The highest BCUT2D eigenvalue weighted by atomic mass is 35.5. The first-order valence-electron chi connectivity index (χ1n) is 8.03. The van der Waals surface area contributed by atoms with Crippen LogP contribution in [0.1, 0.15) is 16.9 Å². The summed E-state index contributed by atoms with van der Waals surface area (Å²) in [6, 6.07) is 9.39. The molecule has 7 nitrogen and oxygen atoms in total. The molecule has 2 heterocycles. The number of hydrogen-bond acceptors (Lipinski definition) is 5. The van der Waals surface area contributed by atoms with Gasteiger partial charge in [-0.15, -0.1) is 0 Å². The summed E-state index contributed by atoms with van der Waals surface area (Å²) in [7, 11) is 0. The van der Waals surface area contributed by atoms with E-state index >= 15 is 0 Å². The molecule has 0 saturated heterocycles. The van der Waals surface area contributed by atoms with Crippen LogP contribution >= 0.6 is 34.8 Å². The molecule has 0 saturated carbocycles. The molecule has 140 valence electrons. The van der Waals surface area contributed by atoms with Crippen molar-refractivity contribution < 1.29 is 4.79 Å². The van der Waals surface area contributed by atoms with Gasteiger partial charge in [0.2, 0.25) is 5.95 Å². The van der Waals surface area contributed by atoms with Gasteiger partial charge < -0.3 is 15.2 Å². The predicted molar refractivity (Wildman–Crippen MR) is 106 cm³/mol. The van der Waals surface area contributed by atoms with E-state index in [1.165, 1.54) is 6.20 Å². The van der Waals surface area contributed by atoms with Crippen LogP contribution in [0, 0.1) is 0 Å². The van der Waals surface area contributed by atoms with Crippen molar-refractivity contribution in [2.45, 2.75) is 13.0 Å². The minimum absolute atomic E-state index is 0.105. The predicted octanol–water partition coefficient (Wildman–Crippen LogP) is 4.20. The largest absolute Gasteiger partial charge is 0.351 e. The summed E-state index contributed by atoms with van der Waals surface area (Å²) < 4.78 is 1.70. The molecule has 0 bridgehead atoms. The monoisotopic (exact) mass is 424 g/mol. The third kappa shape index (κ3) is 5.09. The van der Waals surface area contributed by atoms with Gasteiger partial charge in [-0.25, -0.2) is 15.0 Å². The number of benzene rings is 1. The van der Waals surface area contributed by atoms with Gasteiger partial charge in [0.25, 0.3) is 5.91 Å². The Bertz CT molecular complexity index is 932. The fourth-order valence-electron chi connectivity index (χ4n) is 2.27. The number of carbonyl (C=O) groups excluding carboxylic acids is 1. The average molecular weight is 426 g/mol. The maximum absolute atomic E-state index is 12.4. The topological polar surface area (TPSA) is 84.7 Å². The van der Waals surface area contributed by atoms with Crippen molar-refractivity contribution in [2.75, 3.05) is 11.9 Å². The summed E-state index contributed by atoms with van der Waals surface area (Å²) in [5.74, 6) is -0.0936. The van der Waals surface area contributed by atoms with Crippen LogP contribution in [0.3, 0.4) is 0 Å². The van der Waals surface area contributed by atoms with E-state index in [1.54, 1.807) is 10.9 Å². The molecule has 10 heteroatoms. The van der Waals surface area contributed by atoms with Crippen molar-refractivity contribution in [1.82, 2.24) is 24.8 Å². The summed E-state index contributed by atoms with van der Waals surface area (Å²) in [6.07, 6.45) is 3.58. The van der Waals surface area contributed by atoms with Crippen LogP contribution in [-0.4, -0.2) is 32.0 Å². The van der Waals surface area contributed by atoms with E-state index in [-0.39, 0.29) is 27.7 Å². The highest BCUT2D eigenvalue weighted by Gasteiger charge is 2.14. The molecule has 0 aliphatic carbocycles. The lowest BCUT2D eigenvalue weighted by molar-refractivity contribution is 0.0948. The number of aromatic nitrogens is 4. The van der Waals surface area contributed by atoms with Crippen LogP contribution in [0.5, 0.6) is 0 Å². The molecule has 2 aromatic heterocycles.